The maximum atomic E-state index is 11.4. The first-order chi connectivity index (χ1) is 11.9. The lowest BCUT2D eigenvalue weighted by Crippen LogP contribution is -2.28. The minimum atomic E-state index is -1.00. The van der Waals surface area contributed by atoms with Crippen LogP contribution in [0.4, 0.5) is 0 Å². The number of ether oxygens (including phenoxy) is 1. The number of aliphatic hydroxyl groups is 3. The van der Waals surface area contributed by atoms with Crippen molar-refractivity contribution in [3.05, 3.63) is 25.3 Å². The van der Waals surface area contributed by atoms with Gasteiger partial charge in [-0.1, -0.05) is 45.3 Å². The number of carbonyl (C=O) groups is 1. The van der Waals surface area contributed by atoms with E-state index < -0.39 is 18.3 Å². The van der Waals surface area contributed by atoms with Crippen molar-refractivity contribution < 1.29 is 24.9 Å². The number of esters is 1. The van der Waals surface area contributed by atoms with E-state index in [1.54, 1.807) is 0 Å². The first kappa shape index (κ1) is 23.8. The summed E-state index contributed by atoms with van der Waals surface area (Å²) in [5.74, 6) is -0.369. The largest absolute Gasteiger partial charge is 0.459 e. The Labute approximate surface area is 152 Å². The van der Waals surface area contributed by atoms with Crippen molar-refractivity contribution in [2.45, 2.75) is 95.5 Å². The van der Waals surface area contributed by atoms with Crippen LogP contribution in [0.25, 0.3) is 0 Å². The molecule has 0 fully saturated rings. The van der Waals surface area contributed by atoms with Gasteiger partial charge in [0.1, 0.15) is 6.10 Å². The molecule has 0 spiro atoms. The fourth-order valence-corrected chi connectivity index (χ4v) is 2.72. The highest BCUT2D eigenvalue weighted by molar-refractivity contribution is 5.81. The van der Waals surface area contributed by atoms with Gasteiger partial charge in [-0.2, -0.15) is 0 Å². The summed E-state index contributed by atoms with van der Waals surface area (Å²) >= 11 is 0. The maximum Gasteiger partial charge on any atom is 0.330 e. The minimum Gasteiger partial charge on any atom is -0.459 e. The van der Waals surface area contributed by atoms with Crippen LogP contribution in [0.1, 0.15) is 71.1 Å². The zero-order valence-electron chi connectivity index (χ0n) is 15.6. The predicted molar refractivity (Wildman–Crippen MR) is 100 cm³/mol. The molecule has 0 aromatic heterocycles. The molecule has 0 aliphatic rings. The molecule has 0 aliphatic heterocycles. The lowest BCUT2D eigenvalue weighted by atomic mass is 10.00. The molecule has 0 rings (SSSR count). The molecule has 25 heavy (non-hydrogen) atoms. The highest BCUT2D eigenvalue weighted by Gasteiger charge is 2.17. The van der Waals surface area contributed by atoms with Crippen LogP contribution in [0.15, 0.2) is 25.3 Å². The average molecular weight is 357 g/mol. The van der Waals surface area contributed by atoms with Gasteiger partial charge in [-0.05, 0) is 32.1 Å². The summed E-state index contributed by atoms with van der Waals surface area (Å²) in [4.78, 5) is 11.4. The van der Waals surface area contributed by atoms with E-state index in [4.69, 9.17) is 4.74 Å². The molecule has 5 nitrogen and oxygen atoms in total. The second-order valence-electron chi connectivity index (χ2n) is 6.58. The monoisotopic (exact) mass is 356 g/mol. The SMILES string of the molecule is C=CC(=O)O[C@H](CCCCC)CCCCC[C@@H](O)C[C@H](O)[C@H](O)C=C. The first-order valence-electron chi connectivity index (χ1n) is 9.44. The van der Waals surface area contributed by atoms with E-state index in [9.17, 15) is 20.1 Å². The fraction of sp³-hybridized carbons (Fsp3) is 0.750. The number of rotatable bonds is 16. The van der Waals surface area contributed by atoms with Gasteiger partial charge in [0.25, 0.3) is 0 Å². The Balaban J connectivity index is 3.96. The number of carbonyl (C=O) groups excluding carboxylic acids is 1. The summed E-state index contributed by atoms with van der Waals surface area (Å²) in [6.07, 6.45) is 8.19. The van der Waals surface area contributed by atoms with Crippen molar-refractivity contribution in [1.29, 1.82) is 0 Å². The summed E-state index contributed by atoms with van der Waals surface area (Å²) in [7, 11) is 0. The first-order valence-corrected chi connectivity index (χ1v) is 9.44. The van der Waals surface area contributed by atoms with E-state index in [2.05, 4.69) is 20.1 Å². The third kappa shape index (κ3) is 12.8. The molecule has 5 heteroatoms. The van der Waals surface area contributed by atoms with Crippen LogP contribution < -0.4 is 0 Å². The van der Waals surface area contributed by atoms with E-state index in [1.807, 2.05) is 0 Å². The number of unbranched alkanes of at least 4 members (excludes halogenated alkanes) is 4. The van der Waals surface area contributed by atoms with Gasteiger partial charge in [0.05, 0.1) is 18.3 Å². The van der Waals surface area contributed by atoms with Crippen LogP contribution in [-0.2, 0) is 9.53 Å². The molecule has 0 amide bonds. The molecule has 0 bridgehead atoms. The molecule has 0 aromatic carbocycles. The Morgan fingerprint density at radius 3 is 2.16 bits per heavy atom. The van der Waals surface area contributed by atoms with E-state index >= 15 is 0 Å². The van der Waals surface area contributed by atoms with E-state index in [0.29, 0.717) is 6.42 Å². The zero-order chi connectivity index (χ0) is 19.1. The average Bonchev–Trinajstić information content (AvgIpc) is 2.60. The molecule has 0 saturated carbocycles. The minimum absolute atomic E-state index is 0.0634. The molecule has 0 heterocycles. The Hall–Kier alpha value is -1.17. The van der Waals surface area contributed by atoms with Crippen LogP contribution in [0.5, 0.6) is 0 Å². The van der Waals surface area contributed by atoms with Gasteiger partial charge in [-0.25, -0.2) is 4.79 Å². The normalized spacial score (nSPS) is 15.8. The molecule has 0 aromatic rings. The number of aliphatic hydroxyl groups excluding tert-OH is 3. The third-order valence-electron chi connectivity index (χ3n) is 4.29. The smallest absolute Gasteiger partial charge is 0.330 e. The van der Waals surface area contributed by atoms with Crippen LogP contribution in [-0.4, -0.2) is 45.7 Å². The number of hydrogen-bond donors (Lipinski definition) is 3. The summed E-state index contributed by atoms with van der Waals surface area (Å²) in [5.41, 5.74) is 0. The predicted octanol–water partition coefficient (Wildman–Crippen LogP) is 3.27. The fourth-order valence-electron chi connectivity index (χ4n) is 2.72. The Morgan fingerprint density at radius 1 is 1.00 bits per heavy atom. The van der Waals surface area contributed by atoms with Gasteiger partial charge in [0, 0.05) is 12.5 Å². The summed E-state index contributed by atoms with van der Waals surface area (Å²) in [5, 5.41) is 28.9. The van der Waals surface area contributed by atoms with Gasteiger partial charge in [-0.3, -0.25) is 0 Å². The van der Waals surface area contributed by atoms with Crippen LogP contribution in [0.2, 0.25) is 0 Å². The van der Waals surface area contributed by atoms with E-state index in [1.165, 1.54) is 12.2 Å². The van der Waals surface area contributed by atoms with E-state index in [0.717, 1.165) is 51.4 Å². The zero-order valence-corrected chi connectivity index (χ0v) is 15.6. The van der Waals surface area contributed by atoms with Crippen LogP contribution >= 0.6 is 0 Å². The van der Waals surface area contributed by atoms with Crippen molar-refractivity contribution >= 4 is 5.97 Å². The molecular formula is C20H36O5. The van der Waals surface area contributed by atoms with Crippen LogP contribution in [0.3, 0.4) is 0 Å². The number of hydrogen-bond acceptors (Lipinski definition) is 5. The van der Waals surface area contributed by atoms with Gasteiger partial charge in [-0.15, -0.1) is 6.58 Å². The van der Waals surface area contributed by atoms with E-state index in [-0.39, 0.29) is 18.5 Å². The van der Waals surface area contributed by atoms with Crippen molar-refractivity contribution in [1.82, 2.24) is 0 Å². The highest BCUT2D eigenvalue weighted by Crippen LogP contribution is 2.17. The Bertz CT molecular complexity index is 369. The molecule has 4 atom stereocenters. The second-order valence-corrected chi connectivity index (χ2v) is 6.58. The Morgan fingerprint density at radius 2 is 1.60 bits per heavy atom. The summed E-state index contributed by atoms with van der Waals surface area (Å²) in [6.45, 7) is 8.99. The Kier molecular flexibility index (Phi) is 14.4. The standard InChI is InChI=1S/C20H36O5/c1-4-7-9-13-17(25-20(24)6-3)14-11-8-10-12-16(21)15-19(23)18(22)5-2/h5-6,16-19,21-23H,2-4,7-15H2,1H3/t16-,17-,18-,19+/m1/s1. The molecular weight excluding hydrogens is 320 g/mol. The quantitative estimate of drug-likeness (QED) is 0.171. The summed E-state index contributed by atoms with van der Waals surface area (Å²) < 4.78 is 5.39. The second kappa shape index (κ2) is 15.1. The van der Waals surface area contributed by atoms with Crippen molar-refractivity contribution in [2.24, 2.45) is 0 Å². The van der Waals surface area contributed by atoms with Crippen molar-refractivity contribution in [3.8, 4) is 0 Å². The van der Waals surface area contributed by atoms with Gasteiger partial charge in [0.15, 0.2) is 0 Å². The lowest BCUT2D eigenvalue weighted by molar-refractivity contribution is -0.143. The highest BCUT2D eigenvalue weighted by atomic mass is 16.5. The molecule has 0 unspecified atom stereocenters. The summed E-state index contributed by atoms with van der Waals surface area (Å²) in [6, 6.07) is 0. The van der Waals surface area contributed by atoms with Gasteiger partial charge >= 0.3 is 5.97 Å². The molecule has 146 valence electrons. The van der Waals surface area contributed by atoms with Gasteiger partial charge in [0.2, 0.25) is 0 Å². The van der Waals surface area contributed by atoms with Crippen molar-refractivity contribution in [3.63, 3.8) is 0 Å². The third-order valence-corrected chi connectivity index (χ3v) is 4.29. The maximum absolute atomic E-state index is 11.4. The molecule has 3 N–H and O–H groups in total. The molecule has 0 saturated heterocycles. The topological polar surface area (TPSA) is 87.0 Å². The van der Waals surface area contributed by atoms with Gasteiger partial charge < -0.3 is 20.1 Å². The lowest BCUT2D eigenvalue weighted by Gasteiger charge is -2.19. The van der Waals surface area contributed by atoms with Crippen LogP contribution in [0, 0.1) is 0 Å². The molecule has 0 radical (unpaired) electrons. The van der Waals surface area contributed by atoms with Crippen molar-refractivity contribution in [2.75, 3.05) is 0 Å². The molecule has 0 aliphatic carbocycles.